The fraction of sp³-hybridized carbons (Fsp3) is 0.385. The van der Waals surface area contributed by atoms with E-state index in [0.717, 1.165) is 0 Å². The minimum Gasteiger partial charge on any atom is -0.480 e. The Hall–Kier alpha value is -2.09. The molecule has 1 aromatic heterocycles. The lowest BCUT2D eigenvalue weighted by molar-refractivity contribution is -0.140. The van der Waals surface area contributed by atoms with Crippen LogP contribution in [0.5, 0.6) is 0 Å². The number of thioether (sulfide) groups is 1. The lowest BCUT2D eigenvalue weighted by atomic mass is 10.3. The van der Waals surface area contributed by atoms with Crippen LogP contribution < -0.4 is 10.6 Å². The molecule has 0 spiro atoms. The second-order valence-corrected chi connectivity index (χ2v) is 5.23. The van der Waals surface area contributed by atoms with E-state index in [1.165, 1.54) is 24.9 Å². The molecule has 0 aromatic carbocycles. The highest BCUT2D eigenvalue weighted by Crippen LogP contribution is 2.19. The molecular weight excluding hydrogens is 294 g/mol. The number of carboxylic acids is 1. The van der Waals surface area contributed by atoms with Gasteiger partial charge in [0.1, 0.15) is 11.7 Å². The largest absolute Gasteiger partial charge is 0.480 e. The van der Waals surface area contributed by atoms with Crippen LogP contribution in [0.15, 0.2) is 23.2 Å². The highest BCUT2D eigenvalue weighted by molar-refractivity contribution is 7.99. The molecule has 0 radical (unpaired) electrons. The zero-order chi connectivity index (χ0) is 15.8. The molecule has 8 heteroatoms. The maximum absolute atomic E-state index is 11.7. The van der Waals surface area contributed by atoms with Gasteiger partial charge in [0, 0.05) is 30.3 Å². The monoisotopic (exact) mass is 311 g/mol. The number of hydrogen-bond donors (Lipinski definition) is 3. The molecule has 0 unspecified atom stereocenters. The van der Waals surface area contributed by atoms with E-state index in [-0.39, 0.29) is 17.4 Å². The van der Waals surface area contributed by atoms with Crippen LogP contribution in [0.25, 0.3) is 0 Å². The van der Waals surface area contributed by atoms with Gasteiger partial charge < -0.3 is 15.7 Å². The lowest BCUT2D eigenvalue weighted by Gasteiger charge is -2.12. The number of carbonyl (C=O) groups excluding carboxylic acids is 2. The fourth-order valence-electron chi connectivity index (χ4n) is 1.48. The summed E-state index contributed by atoms with van der Waals surface area (Å²) in [6.07, 6.45) is 1.49. The van der Waals surface area contributed by atoms with Gasteiger partial charge in [0.05, 0.1) is 0 Å². The molecule has 0 saturated carbocycles. The van der Waals surface area contributed by atoms with E-state index < -0.39 is 17.9 Å². The van der Waals surface area contributed by atoms with E-state index in [1.54, 1.807) is 19.1 Å². The van der Waals surface area contributed by atoms with E-state index in [4.69, 9.17) is 5.11 Å². The molecular formula is C13H17N3O4S. The fourth-order valence-corrected chi connectivity index (χ4v) is 2.41. The number of amides is 2. The van der Waals surface area contributed by atoms with Crippen molar-refractivity contribution in [1.82, 2.24) is 15.6 Å². The molecule has 114 valence electrons. The standard InChI is InChI=1S/C13H17N3O4S/c1-3-14-12(18)10-6-9(4-5-15-10)21-7-11(13(19)20)16-8(2)17/h4-6,11H,3,7H2,1-2H3,(H,14,18)(H,16,17)(H,19,20)/t11-/m0/s1. The average molecular weight is 311 g/mol. The molecule has 0 saturated heterocycles. The number of rotatable bonds is 7. The summed E-state index contributed by atoms with van der Waals surface area (Å²) >= 11 is 1.23. The van der Waals surface area contributed by atoms with Crippen molar-refractivity contribution in [3.63, 3.8) is 0 Å². The van der Waals surface area contributed by atoms with Crippen LogP contribution in [0.2, 0.25) is 0 Å². The van der Waals surface area contributed by atoms with Crippen molar-refractivity contribution < 1.29 is 19.5 Å². The van der Waals surface area contributed by atoms with Crippen LogP contribution in [0, 0.1) is 0 Å². The topological polar surface area (TPSA) is 108 Å². The Labute approximate surface area is 126 Å². The Kier molecular flexibility index (Phi) is 6.67. The minimum absolute atomic E-state index is 0.160. The maximum Gasteiger partial charge on any atom is 0.327 e. The second-order valence-electron chi connectivity index (χ2n) is 4.14. The number of carboxylic acid groups (broad SMARTS) is 1. The summed E-state index contributed by atoms with van der Waals surface area (Å²) in [4.78, 5) is 38.3. The summed E-state index contributed by atoms with van der Waals surface area (Å²) in [5.41, 5.74) is 0.272. The molecule has 1 heterocycles. The Morgan fingerprint density at radius 2 is 2.14 bits per heavy atom. The zero-order valence-electron chi connectivity index (χ0n) is 11.8. The normalized spacial score (nSPS) is 11.5. The van der Waals surface area contributed by atoms with Gasteiger partial charge in [-0.15, -0.1) is 11.8 Å². The third kappa shape index (κ3) is 5.82. The van der Waals surface area contributed by atoms with Crippen molar-refractivity contribution in [3.8, 4) is 0 Å². The van der Waals surface area contributed by atoms with Crippen molar-refractivity contribution in [2.24, 2.45) is 0 Å². The number of nitrogens with zero attached hydrogens (tertiary/aromatic N) is 1. The first-order chi connectivity index (χ1) is 9.93. The number of nitrogens with one attached hydrogen (secondary N) is 2. The van der Waals surface area contributed by atoms with Crippen LogP contribution in [0.4, 0.5) is 0 Å². The molecule has 0 fully saturated rings. The first kappa shape index (κ1) is 17.0. The average Bonchev–Trinajstić information content (AvgIpc) is 2.43. The third-order valence-corrected chi connectivity index (χ3v) is 3.48. The van der Waals surface area contributed by atoms with Crippen LogP contribution in [0.1, 0.15) is 24.3 Å². The zero-order valence-corrected chi connectivity index (χ0v) is 12.6. The Morgan fingerprint density at radius 3 is 2.71 bits per heavy atom. The van der Waals surface area contributed by atoms with Crippen molar-refractivity contribution in [2.45, 2.75) is 24.8 Å². The first-order valence-electron chi connectivity index (χ1n) is 6.31. The number of hydrogen-bond acceptors (Lipinski definition) is 5. The summed E-state index contributed by atoms with van der Waals surface area (Å²) in [6.45, 7) is 3.57. The molecule has 7 nitrogen and oxygen atoms in total. The molecule has 1 atom stereocenters. The molecule has 3 N–H and O–H groups in total. The van der Waals surface area contributed by atoms with Gasteiger partial charge in [0.2, 0.25) is 5.91 Å². The molecule has 21 heavy (non-hydrogen) atoms. The van der Waals surface area contributed by atoms with Gasteiger partial charge in [-0.25, -0.2) is 4.79 Å². The van der Waals surface area contributed by atoms with Crippen LogP contribution in [-0.4, -0.2) is 46.2 Å². The molecule has 0 aliphatic rings. The lowest BCUT2D eigenvalue weighted by Crippen LogP contribution is -2.41. The molecule has 1 rings (SSSR count). The Morgan fingerprint density at radius 1 is 1.43 bits per heavy atom. The predicted octanol–water partition coefficient (Wildman–Crippen LogP) is 0.513. The van der Waals surface area contributed by atoms with E-state index in [0.29, 0.717) is 11.4 Å². The van der Waals surface area contributed by atoms with Crippen LogP contribution in [0.3, 0.4) is 0 Å². The summed E-state index contributed by atoms with van der Waals surface area (Å²) in [5.74, 6) is -1.62. The van der Waals surface area contributed by atoms with Gasteiger partial charge in [0.25, 0.3) is 5.91 Å². The summed E-state index contributed by atoms with van der Waals surface area (Å²) in [6, 6.07) is 2.29. The number of aromatic nitrogens is 1. The van der Waals surface area contributed by atoms with Gasteiger partial charge in [-0.05, 0) is 19.1 Å². The predicted molar refractivity (Wildman–Crippen MR) is 78.2 cm³/mol. The second kappa shape index (κ2) is 8.25. The van der Waals surface area contributed by atoms with Crippen LogP contribution in [-0.2, 0) is 9.59 Å². The number of aliphatic carboxylic acids is 1. The van der Waals surface area contributed by atoms with Crippen LogP contribution >= 0.6 is 11.8 Å². The SMILES string of the molecule is CCNC(=O)c1cc(SC[C@H](NC(C)=O)C(=O)O)ccn1. The quantitative estimate of drug-likeness (QED) is 0.633. The van der Waals surface area contributed by atoms with Gasteiger partial charge in [-0.3, -0.25) is 14.6 Å². The van der Waals surface area contributed by atoms with Crippen molar-refractivity contribution in [1.29, 1.82) is 0 Å². The first-order valence-corrected chi connectivity index (χ1v) is 7.29. The van der Waals surface area contributed by atoms with Gasteiger partial charge in [0.15, 0.2) is 0 Å². The summed E-state index contributed by atoms with van der Waals surface area (Å²) in [5, 5.41) is 14.0. The third-order valence-electron chi connectivity index (χ3n) is 2.39. The van der Waals surface area contributed by atoms with Gasteiger partial charge in [-0.2, -0.15) is 0 Å². The van der Waals surface area contributed by atoms with Crippen molar-refractivity contribution >= 4 is 29.5 Å². The molecule has 0 aliphatic heterocycles. The highest BCUT2D eigenvalue weighted by atomic mass is 32.2. The highest BCUT2D eigenvalue weighted by Gasteiger charge is 2.18. The molecule has 0 bridgehead atoms. The van der Waals surface area contributed by atoms with E-state index >= 15 is 0 Å². The molecule has 0 aliphatic carbocycles. The Bertz CT molecular complexity index is 536. The summed E-state index contributed by atoms with van der Waals surface area (Å²) in [7, 11) is 0. The number of carbonyl (C=O) groups is 3. The maximum atomic E-state index is 11.7. The van der Waals surface area contributed by atoms with Crippen molar-refractivity contribution in [3.05, 3.63) is 24.0 Å². The van der Waals surface area contributed by atoms with E-state index in [9.17, 15) is 14.4 Å². The van der Waals surface area contributed by atoms with Gasteiger partial charge in [-0.1, -0.05) is 0 Å². The number of pyridine rings is 1. The minimum atomic E-state index is -1.10. The van der Waals surface area contributed by atoms with E-state index in [1.807, 2.05) is 0 Å². The Balaban J connectivity index is 2.70. The molecule has 1 aromatic rings. The smallest absolute Gasteiger partial charge is 0.327 e. The van der Waals surface area contributed by atoms with Gasteiger partial charge >= 0.3 is 5.97 Å². The molecule has 2 amide bonds. The van der Waals surface area contributed by atoms with E-state index in [2.05, 4.69) is 15.6 Å². The summed E-state index contributed by atoms with van der Waals surface area (Å²) < 4.78 is 0. The van der Waals surface area contributed by atoms with Crippen molar-refractivity contribution in [2.75, 3.05) is 12.3 Å².